The Morgan fingerprint density at radius 2 is 1.81 bits per heavy atom. The molecule has 0 spiro atoms. The van der Waals surface area contributed by atoms with E-state index in [1.165, 1.54) is 16.2 Å². The summed E-state index contributed by atoms with van der Waals surface area (Å²) in [6.07, 6.45) is 0.0187. The third-order valence-electron chi connectivity index (χ3n) is 5.18. The monoisotopic (exact) mass is 457 g/mol. The number of Topliss-reactive ketones (excluding diaryl/α,β-unsaturated/α-hetero) is 1. The Balaban J connectivity index is 1.97. The third kappa shape index (κ3) is 5.22. The first-order valence-corrected chi connectivity index (χ1v) is 11.8. The second kappa shape index (κ2) is 10.3. The lowest BCUT2D eigenvalue weighted by Gasteiger charge is -2.25. The number of hydrogen-bond donors (Lipinski definition) is 1. The lowest BCUT2D eigenvalue weighted by atomic mass is 9.98. The van der Waals surface area contributed by atoms with Gasteiger partial charge in [-0.05, 0) is 68.0 Å². The van der Waals surface area contributed by atoms with Crippen molar-refractivity contribution in [2.75, 3.05) is 19.8 Å². The van der Waals surface area contributed by atoms with Crippen LogP contribution in [0.3, 0.4) is 0 Å². The van der Waals surface area contributed by atoms with Crippen LogP contribution in [-0.4, -0.2) is 47.6 Å². The topological polar surface area (TPSA) is 76.1 Å². The van der Waals surface area contributed by atoms with Crippen LogP contribution >= 0.6 is 11.3 Å². The summed E-state index contributed by atoms with van der Waals surface area (Å²) >= 11 is 1.47. The second-order valence-corrected chi connectivity index (χ2v) is 9.56. The molecule has 32 heavy (non-hydrogen) atoms. The molecule has 6 nitrogen and oxygen atoms in total. The number of carbonyl (C=O) groups is 2. The number of aliphatic hydroxyl groups excluding tert-OH is 1. The average molecular weight is 458 g/mol. The number of benzene rings is 1. The molecule has 1 amide bonds. The zero-order valence-corrected chi connectivity index (χ0v) is 20.1. The molecule has 0 aliphatic carbocycles. The van der Waals surface area contributed by atoms with E-state index in [-0.39, 0.29) is 24.0 Å². The van der Waals surface area contributed by atoms with Gasteiger partial charge in [0.25, 0.3) is 11.7 Å². The van der Waals surface area contributed by atoms with E-state index >= 15 is 0 Å². The molecule has 1 N–H and O–H groups in total. The van der Waals surface area contributed by atoms with Gasteiger partial charge in [0, 0.05) is 17.0 Å². The number of nitrogens with zero attached hydrogens (tertiary/aromatic N) is 1. The van der Waals surface area contributed by atoms with Crippen molar-refractivity contribution in [3.8, 4) is 5.75 Å². The maximum absolute atomic E-state index is 13.0. The quantitative estimate of drug-likeness (QED) is 0.328. The van der Waals surface area contributed by atoms with Gasteiger partial charge in [0.2, 0.25) is 0 Å². The van der Waals surface area contributed by atoms with Crippen LogP contribution in [0.15, 0.2) is 41.3 Å². The van der Waals surface area contributed by atoms with Crippen LogP contribution in [0.4, 0.5) is 0 Å². The van der Waals surface area contributed by atoms with Crippen LogP contribution in [0.25, 0.3) is 5.76 Å². The normalized spacial score (nSPS) is 18.2. The summed E-state index contributed by atoms with van der Waals surface area (Å²) in [7, 11) is 0. The number of thiophene rings is 1. The zero-order valence-electron chi connectivity index (χ0n) is 19.3. The van der Waals surface area contributed by atoms with E-state index in [9.17, 15) is 14.7 Å². The van der Waals surface area contributed by atoms with Gasteiger partial charge in [-0.15, -0.1) is 11.3 Å². The third-order valence-corrected chi connectivity index (χ3v) is 6.26. The van der Waals surface area contributed by atoms with Gasteiger partial charge < -0.3 is 19.5 Å². The van der Waals surface area contributed by atoms with Crippen molar-refractivity contribution in [3.63, 3.8) is 0 Å². The Morgan fingerprint density at radius 3 is 2.38 bits per heavy atom. The molecule has 172 valence electrons. The van der Waals surface area contributed by atoms with Gasteiger partial charge in [0.1, 0.15) is 11.5 Å². The van der Waals surface area contributed by atoms with Crippen molar-refractivity contribution >= 4 is 28.8 Å². The lowest BCUT2D eigenvalue weighted by molar-refractivity contribution is -0.140. The molecule has 2 heterocycles. The molecule has 1 aromatic carbocycles. The minimum absolute atomic E-state index is 0.0187. The molecular formula is C25H31NO5S. The predicted octanol–water partition coefficient (Wildman–Crippen LogP) is 4.94. The molecule has 0 radical (unpaired) electrons. The fourth-order valence-corrected chi connectivity index (χ4v) is 4.61. The molecule has 2 aromatic rings. The Morgan fingerprint density at radius 1 is 1.12 bits per heavy atom. The first kappa shape index (κ1) is 24.0. The van der Waals surface area contributed by atoms with E-state index in [0.717, 1.165) is 10.4 Å². The molecule has 1 aliphatic heterocycles. The van der Waals surface area contributed by atoms with Crippen LogP contribution in [0, 0.1) is 12.8 Å². The van der Waals surface area contributed by atoms with Crippen molar-refractivity contribution in [2.24, 2.45) is 5.92 Å². The van der Waals surface area contributed by atoms with Gasteiger partial charge in [-0.2, -0.15) is 0 Å². The molecule has 1 atom stereocenters. The average Bonchev–Trinajstić information content (AvgIpc) is 3.27. The van der Waals surface area contributed by atoms with Gasteiger partial charge >= 0.3 is 0 Å². The standard InChI is InChI=1S/C25H31NO5S/c1-15(2)14-31-19-8-6-18(7-9-19)22(27)20-21(24-17(5)10-13-32-24)26(25(29)23(20)28)11-12-30-16(3)4/h6-10,13,15-16,21,27H,11-12,14H2,1-5H3/b22-20-. The number of amides is 1. The van der Waals surface area contributed by atoms with Gasteiger partial charge in [-0.1, -0.05) is 13.8 Å². The van der Waals surface area contributed by atoms with E-state index < -0.39 is 17.7 Å². The molecular weight excluding hydrogens is 426 g/mol. The van der Waals surface area contributed by atoms with Gasteiger partial charge in [0.15, 0.2) is 0 Å². The van der Waals surface area contributed by atoms with E-state index in [0.29, 0.717) is 30.4 Å². The predicted molar refractivity (Wildman–Crippen MR) is 126 cm³/mol. The van der Waals surface area contributed by atoms with Crippen LogP contribution in [-0.2, 0) is 14.3 Å². The number of carbonyl (C=O) groups excluding carboxylic acids is 2. The van der Waals surface area contributed by atoms with Crippen LogP contribution in [0.1, 0.15) is 49.7 Å². The number of aryl methyl sites for hydroxylation is 1. The van der Waals surface area contributed by atoms with Crippen LogP contribution in [0.5, 0.6) is 5.75 Å². The minimum atomic E-state index is -0.676. The van der Waals surface area contributed by atoms with Crippen LogP contribution < -0.4 is 4.74 Å². The van der Waals surface area contributed by atoms with Crippen molar-refractivity contribution in [1.29, 1.82) is 0 Å². The molecule has 1 unspecified atom stereocenters. The highest BCUT2D eigenvalue weighted by Crippen LogP contribution is 2.42. The summed E-state index contributed by atoms with van der Waals surface area (Å²) in [6, 6.07) is 8.25. The number of rotatable bonds is 9. The van der Waals surface area contributed by atoms with Gasteiger partial charge in [0.05, 0.1) is 30.9 Å². The SMILES string of the molecule is Cc1ccsc1C1/C(=C(/O)c2ccc(OCC(C)C)cc2)C(=O)C(=O)N1CCOC(C)C. The molecule has 1 aromatic heterocycles. The number of ether oxygens (including phenoxy) is 2. The second-order valence-electron chi connectivity index (χ2n) is 8.61. The number of hydrogen-bond acceptors (Lipinski definition) is 6. The highest BCUT2D eigenvalue weighted by atomic mass is 32.1. The Labute approximate surface area is 193 Å². The van der Waals surface area contributed by atoms with Crippen molar-refractivity contribution in [2.45, 2.75) is 46.8 Å². The molecule has 1 fully saturated rings. The summed E-state index contributed by atoms with van der Waals surface area (Å²) in [5.74, 6) is -0.387. The summed E-state index contributed by atoms with van der Waals surface area (Å²) in [5, 5.41) is 13.0. The van der Waals surface area contributed by atoms with E-state index in [2.05, 4.69) is 13.8 Å². The van der Waals surface area contributed by atoms with E-state index in [1.807, 2.05) is 32.2 Å². The Kier molecular flexibility index (Phi) is 7.74. The molecule has 0 saturated carbocycles. The van der Waals surface area contributed by atoms with E-state index in [1.54, 1.807) is 24.3 Å². The van der Waals surface area contributed by atoms with Gasteiger partial charge in [-0.3, -0.25) is 9.59 Å². The highest BCUT2D eigenvalue weighted by Gasteiger charge is 2.46. The summed E-state index contributed by atoms with van der Waals surface area (Å²) in [4.78, 5) is 28.3. The van der Waals surface area contributed by atoms with Gasteiger partial charge in [-0.25, -0.2) is 0 Å². The lowest BCUT2D eigenvalue weighted by Crippen LogP contribution is -2.33. The van der Waals surface area contributed by atoms with E-state index in [4.69, 9.17) is 9.47 Å². The summed E-state index contributed by atoms with van der Waals surface area (Å²) < 4.78 is 11.3. The highest BCUT2D eigenvalue weighted by molar-refractivity contribution is 7.10. The van der Waals surface area contributed by atoms with Crippen molar-refractivity contribution < 1.29 is 24.2 Å². The fourth-order valence-electron chi connectivity index (χ4n) is 3.56. The largest absolute Gasteiger partial charge is 0.507 e. The first-order valence-electron chi connectivity index (χ1n) is 10.9. The molecule has 7 heteroatoms. The minimum Gasteiger partial charge on any atom is -0.507 e. The Bertz CT molecular complexity index is 990. The smallest absolute Gasteiger partial charge is 0.295 e. The summed E-state index contributed by atoms with van der Waals surface area (Å²) in [5.41, 5.74) is 1.55. The zero-order chi connectivity index (χ0) is 23.4. The first-order chi connectivity index (χ1) is 15.2. The maximum Gasteiger partial charge on any atom is 0.295 e. The van der Waals surface area contributed by atoms with Crippen molar-refractivity contribution in [3.05, 3.63) is 57.3 Å². The number of aliphatic hydroxyl groups is 1. The Hall–Kier alpha value is -2.64. The molecule has 0 bridgehead atoms. The van der Waals surface area contributed by atoms with Crippen LogP contribution in [0.2, 0.25) is 0 Å². The number of likely N-dealkylation sites (tertiary alicyclic amines) is 1. The number of ketones is 1. The molecule has 1 aliphatic rings. The molecule has 3 rings (SSSR count). The molecule has 1 saturated heterocycles. The fraction of sp³-hybridized carbons (Fsp3) is 0.440. The maximum atomic E-state index is 13.0. The van der Waals surface area contributed by atoms with Crippen molar-refractivity contribution in [1.82, 2.24) is 4.90 Å². The summed E-state index contributed by atoms with van der Waals surface area (Å²) in [6.45, 7) is 11.1.